The SMILES string of the molecule is COc1cc(OC(C(=O)O)C(C)C)ccc1Br. The van der Waals surface area contributed by atoms with Crippen LogP contribution in [0.3, 0.4) is 0 Å². The smallest absolute Gasteiger partial charge is 0.345 e. The monoisotopic (exact) mass is 302 g/mol. The van der Waals surface area contributed by atoms with Crippen molar-refractivity contribution in [2.75, 3.05) is 7.11 Å². The average Bonchev–Trinajstić information content (AvgIpc) is 2.26. The molecular formula is C12H15BrO4. The number of hydrogen-bond donors (Lipinski definition) is 1. The Morgan fingerprint density at radius 1 is 1.41 bits per heavy atom. The van der Waals surface area contributed by atoms with Gasteiger partial charge in [0.1, 0.15) is 11.5 Å². The van der Waals surface area contributed by atoms with E-state index in [0.717, 1.165) is 4.47 Å². The Balaban J connectivity index is 2.90. The molecule has 0 bridgehead atoms. The molecule has 0 spiro atoms. The van der Waals surface area contributed by atoms with E-state index in [1.165, 1.54) is 0 Å². The summed E-state index contributed by atoms with van der Waals surface area (Å²) in [6, 6.07) is 5.11. The van der Waals surface area contributed by atoms with Crippen molar-refractivity contribution in [1.82, 2.24) is 0 Å². The molecule has 0 saturated carbocycles. The second-order valence-electron chi connectivity index (χ2n) is 3.92. The van der Waals surface area contributed by atoms with Crippen molar-refractivity contribution in [3.8, 4) is 11.5 Å². The average molecular weight is 303 g/mol. The van der Waals surface area contributed by atoms with Crippen molar-refractivity contribution in [2.24, 2.45) is 5.92 Å². The van der Waals surface area contributed by atoms with Crippen LogP contribution in [0.1, 0.15) is 13.8 Å². The number of aliphatic carboxylic acids is 1. The topological polar surface area (TPSA) is 55.8 Å². The van der Waals surface area contributed by atoms with Crippen LogP contribution in [0.5, 0.6) is 11.5 Å². The highest BCUT2D eigenvalue weighted by Gasteiger charge is 2.23. The highest BCUT2D eigenvalue weighted by atomic mass is 79.9. The van der Waals surface area contributed by atoms with E-state index in [9.17, 15) is 4.79 Å². The van der Waals surface area contributed by atoms with Crippen LogP contribution in [0.4, 0.5) is 0 Å². The lowest BCUT2D eigenvalue weighted by Gasteiger charge is -2.18. The van der Waals surface area contributed by atoms with Gasteiger partial charge in [-0.25, -0.2) is 4.79 Å². The summed E-state index contributed by atoms with van der Waals surface area (Å²) < 4.78 is 11.3. The molecule has 0 saturated heterocycles. The standard InChI is InChI=1S/C12H15BrO4/c1-7(2)11(12(14)15)17-8-4-5-9(13)10(6-8)16-3/h4-7,11H,1-3H3,(H,14,15). The molecule has 0 aliphatic rings. The van der Waals surface area contributed by atoms with Gasteiger partial charge in [-0.05, 0) is 28.1 Å². The molecule has 0 heterocycles. The van der Waals surface area contributed by atoms with Crippen molar-refractivity contribution in [1.29, 1.82) is 0 Å². The first-order valence-corrected chi connectivity index (χ1v) is 5.98. The van der Waals surface area contributed by atoms with Gasteiger partial charge in [0.05, 0.1) is 11.6 Å². The summed E-state index contributed by atoms with van der Waals surface area (Å²) in [4.78, 5) is 11.0. The zero-order valence-electron chi connectivity index (χ0n) is 9.94. The summed E-state index contributed by atoms with van der Waals surface area (Å²) in [7, 11) is 1.54. The lowest BCUT2D eigenvalue weighted by Crippen LogP contribution is -2.32. The number of ether oxygens (including phenoxy) is 2. The number of methoxy groups -OCH3 is 1. The first-order valence-electron chi connectivity index (χ1n) is 5.18. The lowest BCUT2D eigenvalue weighted by molar-refractivity contribution is -0.147. The molecule has 1 aromatic rings. The normalized spacial score (nSPS) is 12.3. The third-order valence-corrected chi connectivity index (χ3v) is 2.89. The Bertz CT molecular complexity index is 403. The minimum atomic E-state index is -0.970. The molecule has 1 aromatic carbocycles. The molecule has 0 radical (unpaired) electrons. The molecule has 5 heteroatoms. The van der Waals surface area contributed by atoms with E-state index in [-0.39, 0.29) is 5.92 Å². The Labute approximate surface area is 109 Å². The molecule has 0 aliphatic heterocycles. The fourth-order valence-corrected chi connectivity index (χ4v) is 1.74. The van der Waals surface area contributed by atoms with E-state index in [1.807, 2.05) is 0 Å². The highest BCUT2D eigenvalue weighted by Crippen LogP contribution is 2.30. The van der Waals surface area contributed by atoms with Crippen LogP contribution in [-0.4, -0.2) is 24.3 Å². The van der Waals surface area contributed by atoms with Crippen molar-refractivity contribution in [2.45, 2.75) is 20.0 Å². The third kappa shape index (κ3) is 3.63. The van der Waals surface area contributed by atoms with Crippen molar-refractivity contribution in [3.05, 3.63) is 22.7 Å². The van der Waals surface area contributed by atoms with Gasteiger partial charge in [-0.3, -0.25) is 0 Å². The van der Waals surface area contributed by atoms with Crippen LogP contribution >= 0.6 is 15.9 Å². The maximum atomic E-state index is 11.0. The van der Waals surface area contributed by atoms with E-state index >= 15 is 0 Å². The Morgan fingerprint density at radius 3 is 2.53 bits per heavy atom. The molecule has 1 unspecified atom stereocenters. The maximum Gasteiger partial charge on any atom is 0.345 e. The first kappa shape index (κ1) is 13.8. The van der Waals surface area contributed by atoms with Gasteiger partial charge >= 0.3 is 5.97 Å². The minimum Gasteiger partial charge on any atom is -0.495 e. The zero-order valence-corrected chi connectivity index (χ0v) is 11.5. The van der Waals surface area contributed by atoms with E-state index < -0.39 is 12.1 Å². The first-order chi connectivity index (χ1) is 7.95. The summed E-state index contributed by atoms with van der Waals surface area (Å²) in [5.41, 5.74) is 0. The molecule has 1 rings (SSSR count). The van der Waals surface area contributed by atoms with E-state index in [0.29, 0.717) is 11.5 Å². The van der Waals surface area contributed by atoms with Crippen LogP contribution in [-0.2, 0) is 4.79 Å². The van der Waals surface area contributed by atoms with Crippen LogP contribution < -0.4 is 9.47 Å². The fraction of sp³-hybridized carbons (Fsp3) is 0.417. The van der Waals surface area contributed by atoms with Crippen LogP contribution in [0.25, 0.3) is 0 Å². The molecule has 0 fully saturated rings. The molecule has 17 heavy (non-hydrogen) atoms. The summed E-state index contributed by atoms with van der Waals surface area (Å²) in [6.07, 6.45) is -0.860. The van der Waals surface area contributed by atoms with Crippen molar-refractivity contribution < 1.29 is 19.4 Å². The number of halogens is 1. The quantitative estimate of drug-likeness (QED) is 0.908. The molecule has 0 aromatic heterocycles. The molecule has 94 valence electrons. The van der Waals surface area contributed by atoms with Gasteiger partial charge in [0.25, 0.3) is 0 Å². The van der Waals surface area contributed by atoms with Crippen molar-refractivity contribution >= 4 is 21.9 Å². The van der Waals surface area contributed by atoms with Gasteiger partial charge in [0.15, 0.2) is 6.10 Å². The minimum absolute atomic E-state index is 0.109. The number of carboxylic acid groups (broad SMARTS) is 1. The fourth-order valence-electron chi connectivity index (χ4n) is 1.33. The number of carboxylic acids is 1. The summed E-state index contributed by atoms with van der Waals surface area (Å²) in [5.74, 6) is 0.00516. The van der Waals surface area contributed by atoms with Gasteiger partial charge in [0.2, 0.25) is 0 Å². The summed E-state index contributed by atoms with van der Waals surface area (Å²) in [6.45, 7) is 3.60. The number of rotatable bonds is 5. The highest BCUT2D eigenvalue weighted by molar-refractivity contribution is 9.10. The number of carbonyl (C=O) groups is 1. The van der Waals surface area contributed by atoms with Gasteiger partial charge in [0, 0.05) is 12.0 Å². The van der Waals surface area contributed by atoms with Gasteiger partial charge in [-0.1, -0.05) is 13.8 Å². The number of benzene rings is 1. The summed E-state index contributed by atoms with van der Waals surface area (Å²) >= 11 is 3.32. The molecule has 4 nitrogen and oxygen atoms in total. The molecular weight excluding hydrogens is 288 g/mol. The zero-order chi connectivity index (χ0) is 13.0. The second kappa shape index (κ2) is 5.91. The molecule has 1 atom stereocenters. The predicted molar refractivity (Wildman–Crippen MR) is 67.6 cm³/mol. The van der Waals surface area contributed by atoms with Gasteiger partial charge < -0.3 is 14.6 Å². The lowest BCUT2D eigenvalue weighted by atomic mass is 10.1. The predicted octanol–water partition coefficient (Wildman–Crippen LogP) is 2.95. The Morgan fingerprint density at radius 2 is 2.06 bits per heavy atom. The largest absolute Gasteiger partial charge is 0.495 e. The molecule has 1 N–H and O–H groups in total. The third-order valence-electron chi connectivity index (χ3n) is 2.23. The van der Waals surface area contributed by atoms with Crippen LogP contribution in [0.2, 0.25) is 0 Å². The van der Waals surface area contributed by atoms with Crippen molar-refractivity contribution in [3.63, 3.8) is 0 Å². The summed E-state index contributed by atoms with van der Waals surface area (Å²) in [5, 5.41) is 9.02. The Kier molecular flexibility index (Phi) is 4.81. The Hall–Kier alpha value is -1.23. The second-order valence-corrected chi connectivity index (χ2v) is 4.77. The number of hydrogen-bond acceptors (Lipinski definition) is 3. The maximum absolute atomic E-state index is 11.0. The van der Waals surface area contributed by atoms with Crippen LogP contribution in [0, 0.1) is 5.92 Å². The van der Waals surface area contributed by atoms with E-state index in [2.05, 4.69) is 15.9 Å². The van der Waals surface area contributed by atoms with E-state index in [1.54, 1.807) is 39.2 Å². The molecule has 0 aliphatic carbocycles. The van der Waals surface area contributed by atoms with E-state index in [4.69, 9.17) is 14.6 Å². The van der Waals surface area contributed by atoms with Gasteiger partial charge in [-0.15, -0.1) is 0 Å². The molecule has 0 amide bonds. The van der Waals surface area contributed by atoms with Crippen LogP contribution in [0.15, 0.2) is 22.7 Å². The van der Waals surface area contributed by atoms with Gasteiger partial charge in [-0.2, -0.15) is 0 Å².